The molecule has 0 saturated heterocycles. The van der Waals surface area contributed by atoms with E-state index in [1.54, 1.807) is 17.0 Å². The van der Waals surface area contributed by atoms with Crippen LogP contribution in [0.3, 0.4) is 0 Å². The molecule has 3 nitrogen and oxygen atoms in total. The molecule has 1 aliphatic rings. The Hall–Kier alpha value is -1.52. The van der Waals surface area contributed by atoms with Crippen molar-refractivity contribution in [1.29, 1.82) is 0 Å². The lowest BCUT2D eigenvalue weighted by molar-refractivity contribution is 0.0985. The number of fused-ring (bicyclic) bond motifs is 1. The second kappa shape index (κ2) is 5.70. The van der Waals surface area contributed by atoms with Crippen molar-refractivity contribution in [2.24, 2.45) is 0 Å². The van der Waals surface area contributed by atoms with Crippen molar-refractivity contribution in [2.75, 3.05) is 17.2 Å². The van der Waals surface area contributed by atoms with Crippen molar-refractivity contribution in [1.82, 2.24) is 0 Å². The maximum Gasteiger partial charge on any atom is 0.259 e. The van der Waals surface area contributed by atoms with Crippen molar-refractivity contribution < 1.29 is 4.79 Å². The molecule has 2 N–H and O–H groups in total. The minimum absolute atomic E-state index is 0.0900. The Balaban J connectivity index is 2.04. The average Bonchev–Trinajstić information content (AvgIpc) is 2.49. The second-order valence-electron chi connectivity index (χ2n) is 5.03. The quantitative estimate of drug-likeness (QED) is 0.767. The van der Waals surface area contributed by atoms with E-state index < -0.39 is 0 Å². The van der Waals surface area contributed by atoms with Gasteiger partial charge in [0.15, 0.2) is 0 Å². The summed E-state index contributed by atoms with van der Waals surface area (Å²) >= 11 is 9.56. The minimum atomic E-state index is -0.0900. The third-order valence-electron chi connectivity index (χ3n) is 3.69. The fourth-order valence-corrected chi connectivity index (χ4v) is 3.23. The third kappa shape index (κ3) is 2.65. The van der Waals surface area contributed by atoms with Gasteiger partial charge in [-0.2, -0.15) is 0 Å². The van der Waals surface area contributed by atoms with Gasteiger partial charge in [0.2, 0.25) is 0 Å². The van der Waals surface area contributed by atoms with E-state index in [4.69, 9.17) is 17.3 Å². The van der Waals surface area contributed by atoms with Gasteiger partial charge in [0.05, 0.1) is 10.6 Å². The fourth-order valence-electron chi connectivity index (χ4n) is 2.67. The average molecular weight is 366 g/mol. The van der Waals surface area contributed by atoms with Crippen LogP contribution in [-0.4, -0.2) is 12.5 Å². The highest BCUT2D eigenvalue weighted by Crippen LogP contribution is 2.33. The van der Waals surface area contributed by atoms with Gasteiger partial charge in [-0.3, -0.25) is 4.79 Å². The molecule has 0 radical (unpaired) electrons. The van der Waals surface area contributed by atoms with Gasteiger partial charge in [0, 0.05) is 22.4 Å². The van der Waals surface area contributed by atoms with Crippen LogP contribution in [0.1, 0.15) is 22.3 Å². The Morgan fingerprint density at radius 3 is 2.90 bits per heavy atom. The number of benzene rings is 2. The molecular formula is C16H14BrClN2O. The lowest BCUT2D eigenvalue weighted by Crippen LogP contribution is -2.35. The summed E-state index contributed by atoms with van der Waals surface area (Å²) in [5.41, 5.74) is 9.20. The van der Waals surface area contributed by atoms with Crippen molar-refractivity contribution in [3.8, 4) is 0 Å². The molecule has 0 unspecified atom stereocenters. The van der Waals surface area contributed by atoms with Gasteiger partial charge in [-0.15, -0.1) is 0 Å². The molecule has 1 amide bonds. The van der Waals surface area contributed by atoms with Crippen LogP contribution in [0.15, 0.2) is 40.9 Å². The molecule has 108 valence electrons. The summed E-state index contributed by atoms with van der Waals surface area (Å²) in [6, 6.07) is 11.0. The van der Waals surface area contributed by atoms with Crippen LogP contribution in [0.25, 0.3) is 0 Å². The molecule has 0 fully saturated rings. The number of nitrogen functional groups attached to an aromatic ring is 1. The third-order valence-corrected chi connectivity index (χ3v) is 4.51. The largest absolute Gasteiger partial charge is 0.398 e. The second-order valence-corrected chi connectivity index (χ2v) is 6.35. The van der Waals surface area contributed by atoms with E-state index in [0.717, 1.165) is 34.3 Å². The highest BCUT2D eigenvalue weighted by Gasteiger charge is 2.26. The van der Waals surface area contributed by atoms with Crippen LogP contribution in [0.2, 0.25) is 5.02 Å². The normalized spacial score (nSPS) is 13.9. The van der Waals surface area contributed by atoms with Gasteiger partial charge in [0.25, 0.3) is 5.91 Å². The monoisotopic (exact) mass is 364 g/mol. The number of hydrogen-bond donors (Lipinski definition) is 1. The molecule has 1 heterocycles. The summed E-state index contributed by atoms with van der Waals surface area (Å²) in [5, 5.41) is 0.458. The van der Waals surface area contributed by atoms with Gasteiger partial charge in [-0.1, -0.05) is 33.6 Å². The first kappa shape index (κ1) is 14.4. The van der Waals surface area contributed by atoms with Crippen molar-refractivity contribution in [3.63, 3.8) is 0 Å². The first-order chi connectivity index (χ1) is 10.1. The number of nitrogens with zero attached hydrogens (tertiary/aromatic N) is 1. The van der Waals surface area contributed by atoms with Crippen LogP contribution < -0.4 is 10.6 Å². The van der Waals surface area contributed by atoms with E-state index in [2.05, 4.69) is 15.9 Å². The Bertz CT molecular complexity index is 717. The van der Waals surface area contributed by atoms with E-state index >= 15 is 0 Å². The van der Waals surface area contributed by atoms with Crippen LogP contribution in [-0.2, 0) is 6.42 Å². The summed E-state index contributed by atoms with van der Waals surface area (Å²) in [6.45, 7) is 0.679. The maximum absolute atomic E-state index is 12.8. The zero-order chi connectivity index (χ0) is 15.0. The molecule has 0 bridgehead atoms. The highest BCUT2D eigenvalue weighted by molar-refractivity contribution is 9.10. The minimum Gasteiger partial charge on any atom is -0.398 e. The molecule has 3 rings (SSSR count). The summed E-state index contributed by atoms with van der Waals surface area (Å²) in [5.74, 6) is -0.0900. The zero-order valence-electron chi connectivity index (χ0n) is 11.3. The fraction of sp³-hybridized carbons (Fsp3) is 0.188. The number of hydrogen-bond acceptors (Lipinski definition) is 2. The van der Waals surface area contributed by atoms with Crippen LogP contribution in [0.4, 0.5) is 11.4 Å². The molecule has 21 heavy (non-hydrogen) atoms. The molecule has 0 spiro atoms. The Kier molecular flexibility index (Phi) is 3.91. The smallest absolute Gasteiger partial charge is 0.259 e. The predicted octanol–water partition coefficient (Wildman–Crippen LogP) is 4.28. The summed E-state index contributed by atoms with van der Waals surface area (Å²) in [6.07, 6.45) is 1.80. The molecule has 0 aromatic heterocycles. The van der Waals surface area contributed by atoms with Gasteiger partial charge in [-0.25, -0.2) is 0 Å². The zero-order valence-corrected chi connectivity index (χ0v) is 13.6. The molecule has 0 aliphatic carbocycles. The van der Waals surface area contributed by atoms with Crippen molar-refractivity contribution in [2.45, 2.75) is 12.8 Å². The van der Waals surface area contributed by atoms with E-state index in [9.17, 15) is 4.79 Å². The number of rotatable bonds is 1. The maximum atomic E-state index is 12.8. The first-order valence-electron chi connectivity index (χ1n) is 6.72. The van der Waals surface area contributed by atoms with Gasteiger partial charge in [0.1, 0.15) is 0 Å². The number of amides is 1. The van der Waals surface area contributed by atoms with Crippen LogP contribution in [0.5, 0.6) is 0 Å². The summed E-state index contributed by atoms with van der Waals surface area (Å²) < 4.78 is 0.833. The Morgan fingerprint density at radius 2 is 2.10 bits per heavy atom. The predicted molar refractivity (Wildman–Crippen MR) is 90.0 cm³/mol. The van der Waals surface area contributed by atoms with Gasteiger partial charge >= 0.3 is 0 Å². The SMILES string of the molecule is Nc1cccc2c1CCCN2C(=O)c1cc(Br)ccc1Cl. The van der Waals surface area contributed by atoms with Crippen molar-refractivity contribution in [3.05, 3.63) is 57.0 Å². The number of carbonyl (C=O) groups excluding carboxylic acids is 1. The van der Waals surface area contributed by atoms with Crippen LogP contribution in [0, 0.1) is 0 Å². The molecule has 1 aliphatic heterocycles. The number of nitrogens with two attached hydrogens (primary N) is 1. The number of halogens is 2. The van der Waals surface area contributed by atoms with E-state index in [0.29, 0.717) is 17.1 Å². The van der Waals surface area contributed by atoms with E-state index in [1.807, 2.05) is 24.3 Å². The summed E-state index contributed by atoms with van der Waals surface area (Å²) in [7, 11) is 0. The van der Waals surface area contributed by atoms with Crippen LogP contribution >= 0.6 is 27.5 Å². The number of carbonyl (C=O) groups is 1. The first-order valence-corrected chi connectivity index (χ1v) is 7.89. The van der Waals surface area contributed by atoms with Gasteiger partial charge < -0.3 is 10.6 Å². The number of anilines is 2. The van der Waals surface area contributed by atoms with E-state index in [-0.39, 0.29) is 5.91 Å². The Morgan fingerprint density at radius 1 is 1.29 bits per heavy atom. The highest BCUT2D eigenvalue weighted by atomic mass is 79.9. The van der Waals surface area contributed by atoms with Crippen molar-refractivity contribution >= 4 is 44.8 Å². The van der Waals surface area contributed by atoms with E-state index in [1.165, 1.54) is 0 Å². The Labute approximate surface area is 136 Å². The summed E-state index contributed by atoms with van der Waals surface area (Å²) in [4.78, 5) is 14.6. The molecule has 2 aromatic rings. The molecular weight excluding hydrogens is 352 g/mol. The topological polar surface area (TPSA) is 46.3 Å². The van der Waals surface area contributed by atoms with Gasteiger partial charge in [-0.05, 0) is 48.7 Å². The standard InChI is InChI=1S/C16H14BrClN2O/c17-10-6-7-13(18)12(9-10)16(21)20-8-2-3-11-14(19)4-1-5-15(11)20/h1,4-7,9H,2-3,8,19H2. The molecule has 0 atom stereocenters. The molecule has 5 heteroatoms. The molecule has 0 saturated carbocycles. The molecule has 2 aromatic carbocycles. The lowest BCUT2D eigenvalue weighted by atomic mass is 9.99. The lowest BCUT2D eigenvalue weighted by Gasteiger charge is -2.30.